The van der Waals surface area contributed by atoms with Crippen LogP contribution in [-0.4, -0.2) is 29.0 Å². The Balaban J connectivity index is 2.47. The van der Waals surface area contributed by atoms with Gasteiger partial charge in [-0.1, -0.05) is 30.3 Å². The highest BCUT2D eigenvalue weighted by Gasteiger charge is 2.25. The Bertz CT molecular complexity index is 340. The molecule has 2 atom stereocenters. The summed E-state index contributed by atoms with van der Waals surface area (Å²) in [7, 11) is 0. The van der Waals surface area contributed by atoms with Crippen LogP contribution in [0.15, 0.2) is 30.3 Å². The molecule has 0 aromatic heterocycles. The van der Waals surface area contributed by atoms with Crippen molar-refractivity contribution in [2.45, 2.75) is 19.3 Å². The van der Waals surface area contributed by atoms with E-state index in [-0.39, 0.29) is 19.6 Å². The van der Waals surface area contributed by atoms with Gasteiger partial charge in [0.15, 0.2) is 0 Å². The first kappa shape index (κ1) is 13.6. The molecule has 0 bridgehead atoms. The number of carbonyl (C=O) groups excluding carboxylic acids is 1. The molecule has 0 spiro atoms. The van der Waals surface area contributed by atoms with Gasteiger partial charge in [-0.3, -0.25) is 4.79 Å². The Kier molecular flexibility index (Phi) is 5.62. The topological polar surface area (TPSA) is 92.8 Å². The van der Waals surface area contributed by atoms with E-state index in [2.05, 4.69) is 0 Å². The molecule has 0 fully saturated rings. The van der Waals surface area contributed by atoms with Crippen molar-refractivity contribution < 1.29 is 19.7 Å². The minimum atomic E-state index is -1.31. The Morgan fingerprint density at radius 2 is 2.00 bits per heavy atom. The average molecular weight is 239 g/mol. The molecule has 1 rings (SSSR count). The number of rotatable bonds is 6. The van der Waals surface area contributed by atoms with Crippen LogP contribution in [0.2, 0.25) is 0 Å². The minimum absolute atomic E-state index is 0.0886. The molecule has 0 saturated carbocycles. The first-order valence-electron chi connectivity index (χ1n) is 5.40. The molecule has 0 saturated heterocycles. The molecular formula is C12H17NO4. The Labute approximate surface area is 99.8 Å². The quantitative estimate of drug-likeness (QED) is 0.480. The van der Waals surface area contributed by atoms with Crippen LogP contribution in [0.25, 0.3) is 0 Å². The molecule has 94 valence electrons. The third-order valence-corrected chi connectivity index (χ3v) is 2.38. The molecule has 5 nitrogen and oxygen atoms in total. The van der Waals surface area contributed by atoms with Gasteiger partial charge in [0.05, 0.1) is 5.92 Å². The van der Waals surface area contributed by atoms with Gasteiger partial charge in [-0.15, -0.1) is 0 Å². The molecule has 1 aromatic rings. The van der Waals surface area contributed by atoms with Crippen LogP contribution in [0.1, 0.15) is 12.0 Å². The maximum absolute atomic E-state index is 11.6. The van der Waals surface area contributed by atoms with Crippen LogP contribution >= 0.6 is 0 Å². The van der Waals surface area contributed by atoms with Crippen molar-refractivity contribution in [1.82, 2.24) is 0 Å². The van der Waals surface area contributed by atoms with E-state index in [4.69, 9.17) is 15.6 Å². The molecule has 0 aliphatic rings. The molecule has 4 N–H and O–H groups in total. The fourth-order valence-electron chi connectivity index (χ4n) is 1.40. The second-order valence-corrected chi connectivity index (χ2v) is 3.70. The lowest BCUT2D eigenvalue weighted by molar-refractivity contribution is -0.154. The summed E-state index contributed by atoms with van der Waals surface area (Å²) < 4.78 is 5.01. The number of aliphatic hydroxyl groups is 2. The molecule has 1 unspecified atom stereocenters. The second-order valence-electron chi connectivity index (χ2n) is 3.70. The molecule has 0 aliphatic heterocycles. The molecule has 5 heteroatoms. The molecule has 0 radical (unpaired) electrons. The molecule has 0 amide bonds. The van der Waals surface area contributed by atoms with E-state index in [1.807, 2.05) is 30.3 Å². The highest BCUT2D eigenvalue weighted by atomic mass is 16.5. The zero-order chi connectivity index (χ0) is 12.7. The van der Waals surface area contributed by atoms with Crippen molar-refractivity contribution in [3.8, 4) is 0 Å². The average Bonchev–Trinajstić information content (AvgIpc) is 2.34. The van der Waals surface area contributed by atoms with E-state index in [0.29, 0.717) is 0 Å². The van der Waals surface area contributed by atoms with Crippen molar-refractivity contribution in [3.63, 3.8) is 0 Å². The molecule has 1 aromatic carbocycles. The number of esters is 1. The number of nitrogens with two attached hydrogens (primary N) is 1. The minimum Gasteiger partial charge on any atom is -0.460 e. The number of ether oxygens (including phenoxy) is 1. The summed E-state index contributed by atoms with van der Waals surface area (Å²) in [6.45, 7) is -0.0896. The fourth-order valence-corrected chi connectivity index (χ4v) is 1.40. The molecule has 0 heterocycles. The second kappa shape index (κ2) is 7.01. The number of aliphatic hydroxyl groups excluding tert-OH is 2. The van der Waals surface area contributed by atoms with Gasteiger partial charge in [0, 0.05) is 6.61 Å². The monoisotopic (exact) mass is 239 g/mol. The van der Waals surface area contributed by atoms with Gasteiger partial charge in [0.2, 0.25) is 0 Å². The van der Waals surface area contributed by atoms with Gasteiger partial charge >= 0.3 is 5.97 Å². The Morgan fingerprint density at radius 1 is 1.35 bits per heavy atom. The number of hydrogen-bond donors (Lipinski definition) is 3. The smallest absolute Gasteiger partial charge is 0.313 e. The predicted molar refractivity (Wildman–Crippen MR) is 61.6 cm³/mol. The summed E-state index contributed by atoms with van der Waals surface area (Å²) in [6, 6.07) is 9.20. The van der Waals surface area contributed by atoms with Crippen LogP contribution in [0.3, 0.4) is 0 Å². The molecule has 17 heavy (non-hydrogen) atoms. The van der Waals surface area contributed by atoms with Gasteiger partial charge in [0.25, 0.3) is 0 Å². The summed E-state index contributed by atoms with van der Waals surface area (Å²) >= 11 is 0. The third kappa shape index (κ3) is 4.52. The lowest BCUT2D eigenvalue weighted by Gasteiger charge is -2.17. The number of carbonyl (C=O) groups is 1. The first-order chi connectivity index (χ1) is 8.15. The summed E-state index contributed by atoms with van der Waals surface area (Å²) in [6.07, 6.45) is -1.23. The maximum atomic E-state index is 11.6. The highest BCUT2D eigenvalue weighted by molar-refractivity contribution is 5.73. The van der Waals surface area contributed by atoms with E-state index in [0.717, 1.165) is 5.56 Å². The Hall–Kier alpha value is -1.43. The van der Waals surface area contributed by atoms with Crippen molar-refractivity contribution in [1.29, 1.82) is 0 Å². The van der Waals surface area contributed by atoms with Gasteiger partial charge in [-0.25, -0.2) is 0 Å². The summed E-state index contributed by atoms with van der Waals surface area (Å²) in [4.78, 5) is 11.6. The Morgan fingerprint density at radius 3 is 2.53 bits per heavy atom. The molecule has 0 aliphatic carbocycles. The SMILES string of the molecule is N[C@@H](O)C(CCO)C(=O)OCc1ccccc1. The highest BCUT2D eigenvalue weighted by Crippen LogP contribution is 2.10. The number of hydrogen-bond acceptors (Lipinski definition) is 5. The largest absolute Gasteiger partial charge is 0.460 e. The van der Waals surface area contributed by atoms with Crippen LogP contribution < -0.4 is 5.73 Å². The zero-order valence-electron chi connectivity index (χ0n) is 9.45. The van der Waals surface area contributed by atoms with E-state index < -0.39 is 18.1 Å². The lowest BCUT2D eigenvalue weighted by atomic mass is 10.1. The van der Waals surface area contributed by atoms with Crippen molar-refractivity contribution in [2.24, 2.45) is 11.7 Å². The number of benzene rings is 1. The first-order valence-corrected chi connectivity index (χ1v) is 5.40. The van der Waals surface area contributed by atoms with Crippen LogP contribution in [0.5, 0.6) is 0 Å². The van der Waals surface area contributed by atoms with Crippen LogP contribution in [-0.2, 0) is 16.1 Å². The fraction of sp³-hybridized carbons (Fsp3) is 0.417. The van der Waals surface area contributed by atoms with E-state index in [1.165, 1.54) is 0 Å². The van der Waals surface area contributed by atoms with Gasteiger partial charge in [-0.05, 0) is 12.0 Å². The van der Waals surface area contributed by atoms with Crippen molar-refractivity contribution in [2.75, 3.05) is 6.61 Å². The standard InChI is InChI=1S/C12H17NO4/c13-11(15)10(6-7-14)12(16)17-8-9-4-2-1-3-5-9/h1-5,10-11,14-15H,6-8,13H2/t10?,11-/m0/s1. The summed E-state index contributed by atoms with van der Waals surface area (Å²) in [5, 5.41) is 17.9. The normalized spacial score (nSPS) is 14.1. The summed E-state index contributed by atoms with van der Waals surface area (Å²) in [5.41, 5.74) is 6.09. The van der Waals surface area contributed by atoms with Crippen LogP contribution in [0, 0.1) is 5.92 Å². The van der Waals surface area contributed by atoms with E-state index >= 15 is 0 Å². The van der Waals surface area contributed by atoms with Gasteiger partial charge in [-0.2, -0.15) is 0 Å². The predicted octanol–water partition coefficient (Wildman–Crippen LogP) is 0.00550. The van der Waals surface area contributed by atoms with E-state index in [1.54, 1.807) is 0 Å². The van der Waals surface area contributed by atoms with Gasteiger partial charge in [0.1, 0.15) is 12.8 Å². The van der Waals surface area contributed by atoms with E-state index in [9.17, 15) is 9.90 Å². The van der Waals surface area contributed by atoms with Crippen molar-refractivity contribution in [3.05, 3.63) is 35.9 Å². The van der Waals surface area contributed by atoms with Crippen molar-refractivity contribution >= 4 is 5.97 Å². The third-order valence-electron chi connectivity index (χ3n) is 2.38. The maximum Gasteiger partial charge on any atom is 0.313 e. The van der Waals surface area contributed by atoms with Crippen LogP contribution in [0.4, 0.5) is 0 Å². The summed E-state index contributed by atoms with van der Waals surface area (Å²) in [5.74, 6) is -1.48. The molecular weight excluding hydrogens is 222 g/mol. The zero-order valence-corrected chi connectivity index (χ0v) is 9.45. The van der Waals surface area contributed by atoms with Gasteiger partial charge < -0.3 is 20.7 Å². The lowest BCUT2D eigenvalue weighted by Crippen LogP contribution is -2.36.